The van der Waals surface area contributed by atoms with Crippen LogP contribution in [0.3, 0.4) is 0 Å². The Morgan fingerprint density at radius 3 is 2.62 bits per heavy atom. The summed E-state index contributed by atoms with van der Waals surface area (Å²) in [6, 6.07) is 5.65. The van der Waals surface area contributed by atoms with E-state index in [-0.39, 0.29) is 18.0 Å². The maximum atomic E-state index is 13.2. The molecule has 8 heteroatoms. The average molecular weight is 494 g/mol. The van der Waals surface area contributed by atoms with Gasteiger partial charge >= 0.3 is 0 Å². The van der Waals surface area contributed by atoms with E-state index in [1.165, 1.54) is 12.8 Å². The number of hydrogen-bond acceptors (Lipinski definition) is 3. The fourth-order valence-corrected chi connectivity index (χ4v) is 5.26. The van der Waals surface area contributed by atoms with Crippen LogP contribution in [0.1, 0.15) is 68.4 Å². The molecule has 5 nitrogen and oxygen atoms in total. The number of ether oxygens (including phenoxy) is 1. The molecule has 1 aromatic heterocycles. The monoisotopic (exact) mass is 493 g/mol. The van der Waals surface area contributed by atoms with Crippen molar-refractivity contribution in [2.75, 3.05) is 13.7 Å². The van der Waals surface area contributed by atoms with Crippen molar-refractivity contribution in [3.05, 3.63) is 34.5 Å². The van der Waals surface area contributed by atoms with Gasteiger partial charge in [0.2, 0.25) is 0 Å². The van der Waals surface area contributed by atoms with E-state index >= 15 is 0 Å². The Morgan fingerprint density at radius 2 is 2.00 bits per heavy atom. The third-order valence-corrected chi connectivity index (χ3v) is 7.71. The number of halogens is 3. The number of hydrogen-bond donors (Lipinski definition) is 1. The minimum absolute atomic E-state index is 0.0157. The largest absolute Gasteiger partial charge is 0.496 e. The number of methoxy groups -OCH3 is 1. The van der Waals surface area contributed by atoms with E-state index in [0.29, 0.717) is 48.3 Å². The van der Waals surface area contributed by atoms with Crippen molar-refractivity contribution in [3.63, 3.8) is 0 Å². The highest BCUT2D eigenvalue weighted by molar-refractivity contribution is 6.36. The fraction of sp³-hybridized carbons (Fsp3) is 0.615. The van der Waals surface area contributed by atoms with Crippen molar-refractivity contribution in [1.29, 1.82) is 0 Å². The van der Waals surface area contributed by atoms with E-state index in [9.17, 15) is 13.6 Å². The van der Waals surface area contributed by atoms with Gasteiger partial charge < -0.3 is 10.1 Å². The second-order valence-corrected chi connectivity index (χ2v) is 10.3. The van der Waals surface area contributed by atoms with Crippen LogP contribution < -0.4 is 10.1 Å². The lowest BCUT2D eigenvalue weighted by molar-refractivity contribution is 0.0934. The van der Waals surface area contributed by atoms with E-state index in [4.69, 9.17) is 16.3 Å². The summed E-state index contributed by atoms with van der Waals surface area (Å²) >= 11 is 6.71. The van der Waals surface area contributed by atoms with Crippen LogP contribution in [0.5, 0.6) is 5.75 Å². The molecule has 186 valence electrons. The lowest BCUT2D eigenvalue weighted by atomic mass is 9.83. The fourth-order valence-electron chi connectivity index (χ4n) is 4.94. The van der Waals surface area contributed by atoms with Crippen LogP contribution in [0, 0.1) is 17.8 Å². The van der Waals surface area contributed by atoms with Gasteiger partial charge in [0, 0.05) is 31.0 Å². The predicted molar refractivity (Wildman–Crippen MR) is 130 cm³/mol. The van der Waals surface area contributed by atoms with E-state index in [2.05, 4.69) is 17.3 Å². The summed E-state index contributed by atoms with van der Waals surface area (Å²) in [6.07, 6.45) is 5.66. The molecule has 1 N–H and O–H groups in total. The first-order chi connectivity index (χ1) is 16.2. The number of alkyl halides is 2. The first-order valence-electron chi connectivity index (χ1n) is 12.3. The Labute approximate surface area is 205 Å². The zero-order valence-corrected chi connectivity index (χ0v) is 20.9. The molecule has 2 fully saturated rings. The summed E-state index contributed by atoms with van der Waals surface area (Å²) in [5, 5.41) is 7.81. The Morgan fingerprint density at radius 1 is 1.29 bits per heavy atom. The molecule has 0 saturated heterocycles. The number of rotatable bonds is 9. The standard InChI is InChI=1S/C26H34ClF2N3O2/c1-4-32-24(20-12-10-17(13-21(20)34-3)9-11-19-14-26(19,28)29)22(27)23(31-32)25(33)30-15-18-7-5-16(2)6-8-18/h10,12-13,16,18-19H,4-9,11,14-15H2,1-3H3,(H,30,33)/t16?,18?,19-/m0/s1. The van der Waals surface area contributed by atoms with Gasteiger partial charge in [0.25, 0.3) is 11.8 Å². The van der Waals surface area contributed by atoms with Gasteiger partial charge in [-0.1, -0.05) is 37.4 Å². The summed E-state index contributed by atoms with van der Waals surface area (Å²) in [6.45, 7) is 5.38. The molecular formula is C26H34ClF2N3O2. The smallest absolute Gasteiger partial charge is 0.273 e. The van der Waals surface area contributed by atoms with Gasteiger partial charge in [0.05, 0.1) is 17.8 Å². The average Bonchev–Trinajstić information content (AvgIpc) is 3.30. The number of nitrogens with zero attached hydrogens (tertiary/aromatic N) is 2. The van der Waals surface area contributed by atoms with Crippen molar-refractivity contribution in [2.45, 2.75) is 71.3 Å². The summed E-state index contributed by atoms with van der Waals surface area (Å²) < 4.78 is 33.8. The van der Waals surface area contributed by atoms with Crippen LogP contribution in [0.4, 0.5) is 8.78 Å². The first-order valence-corrected chi connectivity index (χ1v) is 12.7. The maximum Gasteiger partial charge on any atom is 0.273 e. The van der Waals surface area contributed by atoms with Crippen LogP contribution in [-0.2, 0) is 13.0 Å². The molecule has 0 bridgehead atoms. The van der Waals surface area contributed by atoms with Gasteiger partial charge in [0.15, 0.2) is 5.69 Å². The maximum absolute atomic E-state index is 13.2. The zero-order chi connectivity index (χ0) is 24.5. The Bertz CT molecular complexity index is 1030. The molecule has 34 heavy (non-hydrogen) atoms. The number of aryl methyl sites for hydroxylation is 2. The third kappa shape index (κ3) is 5.40. The van der Waals surface area contributed by atoms with E-state index < -0.39 is 11.8 Å². The highest BCUT2D eigenvalue weighted by atomic mass is 35.5. The summed E-state index contributed by atoms with van der Waals surface area (Å²) in [5.41, 5.74) is 2.49. The highest BCUT2D eigenvalue weighted by Gasteiger charge is 2.55. The molecule has 2 aliphatic rings. The van der Waals surface area contributed by atoms with Crippen LogP contribution >= 0.6 is 11.6 Å². The first kappa shape index (κ1) is 25.0. The predicted octanol–water partition coefficient (Wildman–Crippen LogP) is 6.38. The van der Waals surface area contributed by atoms with Gasteiger partial charge in [-0.05, 0) is 62.1 Å². The van der Waals surface area contributed by atoms with Crippen molar-refractivity contribution >= 4 is 17.5 Å². The second-order valence-electron chi connectivity index (χ2n) is 9.90. The Kier molecular flexibility index (Phi) is 7.51. The zero-order valence-electron chi connectivity index (χ0n) is 20.2. The molecule has 0 spiro atoms. The molecule has 2 aliphatic carbocycles. The van der Waals surface area contributed by atoms with E-state index in [1.54, 1.807) is 11.8 Å². The van der Waals surface area contributed by atoms with Crippen molar-refractivity contribution in [1.82, 2.24) is 15.1 Å². The molecule has 1 heterocycles. The van der Waals surface area contributed by atoms with Crippen molar-refractivity contribution in [2.24, 2.45) is 17.8 Å². The minimum atomic E-state index is -2.50. The minimum Gasteiger partial charge on any atom is -0.496 e. The lowest BCUT2D eigenvalue weighted by Crippen LogP contribution is -2.31. The number of carbonyl (C=O) groups excluding carboxylic acids is 1. The molecule has 0 radical (unpaired) electrons. The van der Waals surface area contributed by atoms with E-state index in [0.717, 1.165) is 29.9 Å². The second kappa shape index (κ2) is 10.2. The van der Waals surface area contributed by atoms with Gasteiger partial charge in [-0.3, -0.25) is 9.48 Å². The molecule has 2 aromatic rings. The summed E-state index contributed by atoms with van der Waals surface area (Å²) in [5.74, 6) is -1.45. The van der Waals surface area contributed by atoms with E-state index in [1.807, 2.05) is 25.1 Å². The van der Waals surface area contributed by atoms with Gasteiger partial charge in [-0.25, -0.2) is 8.78 Å². The SMILES string of the molecule is CCn1nc(C(=O)NCC2CCC(C)CC2)c(Cl)c1-c1ccc(CC[C@H]2CC2(F)F)cc1OC. The topological polar surface area (TPSA) is 56.2 Å². The van der Waals surface area contributed by atoms with Crippen molar-refractivity contribution < 1.29 is 18.3 Å². The van der Waals surface area contributed by atoms with Crippen LogP contribution in [0.15, 0.2) is 18.2 Å². The summed E-state index contributed by atoms with van der Waals surface area (Å²) in [7, 11) is 1.57. The highest BCUT2D eigenvalue weighted by Crippen LogP contribution is 2.51. The van der Waals surface area contributed by atoms with Gasteiger partial charge in [0.1, 0.15) is 5.75 Å². The number of amides is 1. The number of nitrogens with one attached hydrogen (secondary N) is 1. The van der Waals surface area contributed by atoms with Crippen molar-refractivity contribution in [3.8, 4) is 17.0 Å². The number of carbonyl (C=O) groups is 1. The quantitative estimate of drug-likeness (QED) is 0.441. The molecule has 0 unspecified atom stereocenters. The lowest BCUT2D eigenvalue weighted by Gasteiger charge is -2.26. The van der Waals surface area contributed by atoms with Crippen LogP contribution in [0.2, 0.25) is 5.02 Å². The number of aromatic nitrogens is 2. The number of benzene rings is 1. The third-order valence-electron chi connectivity index (χ3n) is 7.35. The Hall–Kier alpha value is -2.15. The Balaban J connectivity index is 1.50. The molecule has 1 atom stereocenters. The van der Waals surface area contributed by atoms with Crippen LogP contribution in [0.25, 0.3) is 11.3 Å². The molecular weight excluding hydrogens is 460 g/mol. The normalized spacial score (nSPS) is 23.5. The molecule has 1 aromatic carbocycles. The summed E-state index contributed by atoms with van der Waals surface area (Å²) in [4.78, 5) is 12.9. The molecule has 0 aliphatic heterocycles. The molecule has 4 rings (SSSR count). The van der Waals surface area contributed by atoms with Gasteiger partial charge in [-0.15, -0.1) is 0 Å². The molecule has 2 saturated carbocycles. The van der Waals surface area contributed by atoms with Crippen LogP contribution in [-0.4, -0.2) is 35.3 Å². The van der Waals surface area contributed by atoms with Gasteiger partial charge in [-0.2, -0.15) is 5.10 Å². The molecule has 1 amide bonds.